The molecule has 6 nitrogen and oxygen atoms in total. The third kappa shape index (κ3) is 2.66. The molecule has 136 valence electrons. The number of hydrogen-bond acceptors (Lipinski definition) is 6. The summed E-state index contributed by atoms with van der Waals surface area (Å²) < 4.78 is 7.07. The molecular weight excluding hydrogens is 360 g/mol. The first-order chi connectivity index (χ1) is 13.2. The van der Waals surface area contributed by atoms with E-state index in [0.29, 0.717) is 12.4 Å². The largest absolute Gasteiger partial charge is 0.497 e. The van der Waals surface area contributed by atoms with Gasteiger partial charge in [-0.3, -0.25) is 4.79 Å². The number of carbonyl (C=O) groups excluding carboxylic acids is 1. The van der Waals surface area contributed by atoms with Crippen LogP contribution in [-0.2, 0) is 4.79 Å². The third-order valence-electron chi connectivity index (χ3n) is 5.27. The fraction of sp³-hybridized carbons (Fsp3) is 0.250. The molecule has 0 saturated heterocycles. The Balaban J connectivity index is 1.57. The molecule has 0 saturated carbocycles. The van der Waals surface area contributed by atoms with Crippen molar-refractivity contribution in [1.82, 2.24) is 14.8 Å². The van der Waals surface area contributed by atoms with Crippen LogP contribution in [0.1, 0.15) is 28.8 Å². The molecule has 1 aliphatic heterocycles. The summed E-state index contributed by atoms with van der Waals surface area (Å²) in [6, 6.07) is 11.8. The normalized spacial score (nSPS) is 23.8. The summed E-state index contributed by atoms with van der Waals surface area (Å²) in [7, 11) is 1.65. The van der Waals surface area contributed by atoms with Gasteiger partial charge in [0.15, 0.2) is 0 Å². The number of nitrogens with one attached hydrogen (secondary N) is 1. The van der Waals surface area contributed by atoms with Gasteiger partial charge in [0, 0.05) is 22.9 Å². The second-order valence-corrected chi connectivity index (χ2v) is 7.74. The smallest absolute Gasteiger partial charge is 0.226 e. The summed E-state index contributed by atoms with van der Waals surface area (Å²) in [6.45, 7) is 0. The maximum absolute atomic E-state index is 13.2. The molecule has 27 heavy (non-hydrogen) atoms. The van der Waals surface area contributed by atoms with E-state index in [1.807, 2.05) is 40.4 Å². The maximum Gasteiger partial charge on any atom is 0.226 e. The number of aromatic nitrogens is 3. The van der Waals surface area contributed by atoms with E-state index < -0.39 is 0 Å². The van der Waals surface area contributed by atoms with Crippen molar-refractivity contribution >= 4 is 23.1 Å². The minimum atomic E-state index is -0.257. The lowest BCUT2D eigenvalue weighted by molar-refractivity contribution is -0.123. The highest BCUT2D eigenvalue weighted by Crippen LogP contribution is 2.45. The van der Waals surface area contributed by atoms with Crippen molar-refractivity contribution < 1.29 is 9.53 Å². The first kappa shape index (κ1) is 16.3. The lowest BCUT2D eigenvalue weighted by Crippen LogP contribution is -2.39. The van der Waals surface area contributed by atoms with Gasteiger partial charge in [0.25, 0.3) is 0 Å². The number of benzene rings is 1. The van der Waals surface area contributed by atoms with Crippen molar-refractivity contribution in [2.45, 2.75) is 18.4 Å². The molecule has 3 atom stereocenters. The Hall–Kier alpha value is -2.93. The molecule has 1 aliphatic carbocycles. The van der Waals surface area contributed by atoms with Gasteiger partial charge in [-0.15, -0.1) is 11.3 Å². The Labute approximate surface area is 160 Å². The monoisotopic (exact) mass is 378 g/mol. The second-order valence-electron chi connectivity index (χ2n) is 6.76. The zero-order valence-corrected chi connectivity index (χ0v) is 15.5. The summed E-state index contributed by atoms with van der Waals surface area (Å²) in [5.74, 6) is 1.50. The molecule has 0 radical (unpaired) electrons. The molecule has 5 rings (SSSR count). The fourth-order valence-electron chi connectivity index (χ4n) is 3.99. The molecule has 0 fully saturated rings. The van der Waals surface area contributed by atoms with E-state index in [0.717, 1.165) is 21.9 Å². The van der Waals surface area contributed by atoms with E-state index in [4.69, 9.17) is 4.74 Å². The molecule has 0 spiro atoms. The minimum absolute atomic E-state index is 0.0422. The van der Waals surface area contributed by atoms with Crippen LogP contribution in [0.3, 0.4) is 0 Å². The standard InChI is InChI=1S/C20H18N4O2S/c1-26-14-6-4-12(5-7-14)13-9-15-18(16(25)10-13)19(17-3-2-8-27-17)24-20(23-15)21-11-22-24/h2-9,11,13,18-19H,10H2,1H3,(H,21,22,23)/t13-,18+,19+/m0/s1. The highest BCUT2D eigenvalue weighted by Gasteiger charge is 2.43. The predicted octanol–water partition coefficient (Wildman–Crippen LogP) is 3.62. The van der Waals surface area contributed by atoms with Crippen LogP contribution in [0.4, 0.5) is 5.95 Å². The van der Waals surface area contributed by atoms with Crippen LogP contribution in [0.2, 0.25) is 0 Å². The van der Waals surface area contributed by atoms with Crippen LogP contribution in [0.25, 0.3) is 0 Å². The summed E-state index contributed by atoms with van der Waals surface area (Å²) >= 11 is 1.65. The van der Waals surface area contributed by atoms with Gasteiger partial charge in [-0.25, -0.2) is 4.68 Å². The van der Waals surface area contributed by atoms with Crippen molar-refractivity contribution in [2.75, 3.05) is 12.4 Å². The van der Waals surface area contributed by atoms with Gasteiger partial charge < -0.3 is 10.1 Å². The number of fused-ring (bicyclic) bond motifs is 2. The van der Waals surface area contributed by atoms with Crippen molar-refractivity contribution in [3.63, 3.8) is 0 Å². The number of carbonyl (C=O) groups is 1. The number of rotatable bonds is 3. The van der Waals surface area contributed by atoms with E-state index in [1.54, 1.807) is 18.4 Å². The number of methoxy groups -OCH3 is 1. The number of Topliss-reactive ketones (excluding diaryl/α,β-unsaturated/α-hetero) is 1. The Bertz CT molecular complexity index is 1010. The Morgan fingerprint density at radius 1 is 1.26 bits per heavy atom. The number of thiophene rings is 1. The molecule has 2 aliphatic rings. The number of anilines is 1. The number of hydrogen-bond donors (Lipinski definition) is 1. The van der Waals surface area contributed by atoms with Gasteiger partial charge in [-0.05, 0) is 29.1 Å². The van der Waals surface area contributed by atoms with E-state index in [-0.39, 0.29) is 23.7 Å². The first-order valence-corrected chi connectivity index (χ1v) is 9.71. The quantitative estimate of drug-likeness (QED) is 0.754. The number of ether oxygens (including phenoxy) is 1. The van der Waals surface area contributed by atoms with Gasteiger partial charge in [0.05, 0.1) is 13.0 Å². The van der Waals surface area contributed by atoms with Gasteiger partial charge in [0.1, 0.15) is 23.9 Å². The first-order valence-electron chi connectivity index (χ1n) is 8.83. The van der Waals surface area contributed by atoms with Crippen LogP contribution in [-0.4, -0.2) is 27.7 Å². The Morgan fingerprint density at radius 3 is 2.85 bits per heavy atom. The van der Waals surface area contributed by atoms with Crippen LogP contribution < -0.4 is 10.1 Å². The summed E-state index contributed by atoms with van der Waals surface area (Å²) in [5, 5.41) is 9.74. The van der Waals surface area contributed by atoms with E-state index >= 15 is 0 Å². The summed E-state index contributed by atoms with van der Waals surface area (Å²) in [5.41, 5.74) is 2.03. The van der Waals surface area contributed by atoms with Gasteiger partial charge >= 0.3 is 0 Å². The van der Waals surface area contributed by atoms with Gasteiger partial charge in [-0.1, -0.05) is 24.3 Å². The molecular formula is C20H18N4O2S. The highest BCUT2D eigenvalue weighted by molar-refractivity contribution is 7.10. The lowest BCUT2D eigenvalue weighted by atomic mass is 9.77. The van der Waals surface area contributed by atoms with Crippen LogP contribution >= 0.6 is 11.3 Å². The molecule has 0 bridgehead atoms. The SMILES string of the molecule is COc1ccc([C@H]2C=C3Nc4ncnn4[C@H](c4cccs4)[C@H]3C(=O)C2)cc1. The topological polar surface area (TPSA) is 69.0 Å². The lowest BCUT2D eigenvalue weighted by Gasteiger charge is -2.37. The molecule has 0 unspecified atom stereocenters. The van der Waals surface area contributed by atoms with Crippen LogP contribution in [0, 0.1) is 5.92 Å². The fourth-order valence-corrected chi connectivity index (χ4v) is 4.83. The number of nitrogens with zero attached hydrogens (tertiary/aromatic N) is 3. The highest BCUT2D eigenvalue weighted by atomic mass is 32.1. The average molecular weight is 378 g/mol. The predicted molar refractivity (Wildman–Crippen MR) is 103 cm³/mol. The molecule has 1 aromatic carbocycles. The van der Waals surface area contributed by atoms with Crippen LogP contribution in [0.5, 0.6) is 5.75 Å². The zero-order chi connectivity index (χ0) is 18.4. The van der Waals surface area contributed by atoms with Gasteiger partial charge in [-0.2, -0.15) is 10.1 Å². The van der Waals surface area contributed by atoms with E-state index in [2.05, 4.69) is 27.5 Å². The van der Waals surface area contributed by atoms with Crippen molar-refractivity contribution in [3.05, 3.63) is 70.3 Å². The average Bonchev–Trinajstić information content (AvgIpc) is 3.38. The van der Waals surface area contributed by atoms with Crippen molar-refractivity contribution in [2.24, 2.45) is 5.92 Å². The molecule has 1 N–H and O–H groups in total. The van der Waals surface area contributed by atoms with Crippen LogP contribution in [0.15, 0.2) is 59.9 Å². The summed E-state index contributed by atoms with van der Waals surface area (Å²) in [4.78, 5) is 18.7. The zero-order valence-electron chi connectivity index (χ0n) is 14.7. The molecule has 3 aromatic rings. The molecule has 0 amide bonds. The van der Waals surface area contributed by atoms with E-state index in [1.165, 1.54) is 6.33 Å². The van der Waals surface area contributed by atoms with Crippen molar-refractivity contribution in [1.29, 1.82) is 0 Å². The summed E-state index contributed by atoms with van der Waals surface area (Å²) in [6.07, 6.45) is 4.19. The molecule has 3 heterocycles. The second kappa shape index (κ2) is 6.35. The molecule has 7 heteroatoms. The van der Waals surface area contributed by atoms with Gasteiger partial charge in [0.2, 0.25) is 5.95 Å². The number of ketones is 1. The maximum atomic E-state index is 13.2. The van der Waals surface area contributed by atoms with Crippen molar-refractivity contribution in [3.8, 4) is 5.75 Å². The third-order valence-corrected chi connectivity index (χ3v) is 6.21. The minimum Gasteiger partial charge on any atom is -0.497 e. The number of allylic oxidation sites excluding steroid dienone is 2. The Morgan fingerprint density at radius 2 is 2.11 bits per heavy atom. The Kier molecular flexibility index (Phi) is 3.82. The molecule has 2 aromatic heterocycles. The van der Waals surface area contributed by atoms with E-state index in [9.17, 15) is 4.79 Å².